The summed E-state index contributed by atoms with van der Waals surface area (Å²) in [7, 11) is 0. The molecular formula is C22H27N3O6. The van der Waals surface area contributed by atoms with Crippen LogP contribution >= 0.6 is 0 Å². The van der Waals surface area contributed by atoms with Gasteiger partial charge in [-0.15, -0.1) is 0 Å². The Bertz CT molecular complexity index is 925. The van der Waals surface area contributed by atoms with Gasteiger partial charge in [-0.3, -0.25) is 9.59 Å². The van der Waals surface area contributed by atoms with Crippen LogP contribution in [-0.2, 0) is 27.2 Å². The van der Waals surface area contributed by atoms with Gasteiger partial charge in [-0.2, -0.15) is 0 Å². The Morgan fingerprint density at radius 1 is 0.871 bits per heavy atom. The molecule has 0 aliphatic carbocycles. The quantitative estimate of drug-likeness (QED) is 0.341. The Morgan fingerprint density at radius 2 is 1.32 bits per heavy atom. The van der Waals surface area contributed by atoms with E-state index in [1.807, 2.05) is 0 Å². The van der Waals surface area contributed by atoms with Crippen LogP contribution < -0.4 is 16.4 Å². The van der Waals surface area contributed by atoms with E-state index in [1.54, 1.807) is 24.3 Å². The molecule has 31 heavy (non-hydrogen) atoms. The fourth-order valence-electron chi connectivity index (χ4n) is 2.78. The van der Waals surface area contributed by atoms with Gasteiger partial charge >= 0.3 is 5.97 Å². The first-order valence-corrected chi connectivity index (χ1v) is 9.65. The number of carboxylic acid groups (broad SMARTS) is 1. The Kier molecular flexibility index (Phi) is 7.60. The molecule has 2 rings (SSSR count). The number of phenolic OH excluding ortho intramolecular Hbond substituents is 2. The lowest BCUT2D eigenvalue weighted by atomic mass is 10.0. The minimum Gasteiger partial charge on any atom is -0.508 e. The number of rotatable bonds is 9. The predicted octanol–water partition coefficient (Wildman–Crippen LogP) is 0.675. The molecule has 2 aromatic carbocycles. The molecule has 0 spiro atoms. The second-order valence-electron chi connectivity index (χ2n) is 7.83. The number of aliphatic carboxylic acids is 1. The number of phenols is 2. The number of aromatic hydroxyl groups is 2. The molecular weight excluding hydrogens is 402 g/mol. The molecule has 0 aliphatic heterocycles. The molecule has 0 aromatic heterocycles. The fraction of sp³-hybridized carbons (Fsp3) is 0.318. The van der Waals surface area contributed by atoms with Gasteiger partial charge in [0, 0.05) is 6.42 Å². The van der Waals surface area contributed by atoms with E-state index >= 15 is 0 Å². The van der Waals surface area contributed by atoms with E-state index in [0.29, 0.717) is 5.56 Å². The van der Waals surface area contributed by atoms with Gasteiger partial charge in [0.05, 0.1) is 6.04 Å². The van der Waals surface area contributed by atoms with Crippen molar-refractivity contribution in [1.29, 1.82) is 0 Å². The van der Waals surface area contributed by atoms with Gasteiger partial charge in [-0.25, -0.2) is 4.79 Å². The fourth-order valence-corrected chi connectivity index (χ4v) is 2.78. The zero-order chi connectivity index (χ0) is 23.2. The van der Waals surface area contributed by atoms with E-state index < -0.39 is 35.4 Å². The Labute approximate surface area is 179 Å². The largest absolute Gasteiger partial charge is 0.508 e. The molecule has 7 N–H and O–H groups in total. The molecule has 2 aromatic rings. The van der Waals surface area contributed by atoms with Crippen molar-refractivity contribution < 1.29 is 29.7 Å². The van der Waals surface area contributed by atoms with Crippen LogP contribution in [0.2, 0.25) is 0 Å². The predicted molar refractivity (Wildman–Crippen MR) is 113 cm³/mol. The van der Waals surface area contributed by atoms with Crippen LogP contribution in [0.4, 0.5) is 0 Å². The average molecular weight is 429 g/mol. The van der Waals surface area contributed by atoms with Crippen LogP contribution in [-0.4, -0.2) is 50.7 Å². The first-order valence-electron chi connectivity index (χ1n) is 9.65. The van der Waals surface area contributed by atoms with Gasteiger partial charge in [-0.05, 0) is 55.7 Å². The lowest BCUT2D eigenvalue weighted by Crippen LogP contribution is -2.58. The molecule has 0 heterocycles. The van der Waals surface area contributed by atoms with E-state index in [-0.39, 0.29) is 24.3 Å². The topological polar surface area (TPSA) is 162 Å². The van der Waals surface area contributed by atoms with Crippen LogP contribution in [0.25, 0.3) is 0 Å². The minimum absolute atomic E-state index is 0.0525. The molecule has 0 saturated carbocycles. The minimum atomic E-state index is -1.54. The second-order valence-corrected chi connectivity index (χ2v) is 7.83. The van der Waals surface area contributed by atoms with Gasteiger partial charge < -0.3 is 31.7 Å². The summed E-state index contributed by atoms with van der Waals surface area (Å²) < 4.78 is 0. The third-order valence-electron chi connectivity index (χ3n) is 4.71. The van der Waals surface area contributed by atoms with Crippen molar-refractivity contribution in [2.45, 2.75) is 44.3 Å². The third-order valence-corrected chi connectivity index (χ3v) is 4.71. The van der Waals surface area contributed by atoms with E-state index in [9.17, 15) is 29.7 Å². The molecule has 2 atom stereocenters. The lowest BCUT2D eigenvalue weighted by Gasteiger charge is -2.26. The highest BCUT2D eigenvalue weighted by Gasteiger charge is 2.33. The molecule has 0 unspecified atom stereocenters. The summed E-state index contributed by atoms with van der Waals surface area (Å²) in [4.78, 5) is 36.8. The molecule has 0 bridgehead atoms. The first-order chi connectivity index (χ1) is 14.5. The van der Waals surface area contributed by atoms with E-state index in [4.69, 9.17) is 5.73 Å². The normalized spacial score (nSPS) is 13.1. The van der Waals surface area contributed by atoms with Crippen LogP contribution in [0.15, 0.2) is 48.5 Å². The smallest absolute Gasteiger partial charge is 0.328 e. The van der Waals surface area contributed by atoms with Gasteiger partial charge in [0.1, 0.15) is 23.1 Å². The van der Waals surface area contributed by atoms with Crippen molar-refractivity contribution in [3.05, 3.63) is 59.7 Å². The number of carboxylic acids is 1. The van der Waals surface area contributed by atoms with Crippen molar-refractivity contribution in [2.24, 2.45) is 5.73 Å². The number of amides is 2. The van der Waals surface area contributed by atoms with Crippen molar-refractivity contribution in [1.82, 2.24) is 10.6 Å². The first kappa shape index (κ1) is 23.7. The molecule has 0 aliphatic rings. The van der Waals surface area contributed by atoms with Gasteiger partial charge in [0.25, 0.3) is 0 Å². The summed E-state index contributed by atoms with van der Waals surface area (Å²) in [5.74, 6) is -2.34. The van der Waals surface area contributed by atoms with E-state index in [0.717, 1.165) is 5.56 Å². The number of hydrogen-bond donors (Lipinski definition) is 6. The number of hydrogen-bond acceptors (Lipinski definition) is 6. The summed E-state index contributed by atoms with van der Waals surface area (Å²) >= 11 is 0. The van der Waals surface area contributed by atoms with Crippen LogP contribution in [0.1, 0.15) is 25.0 Å². The Hall–Kier alpha value is -3.59. The van der Waals surface area contributed by atoms with Gasteiger partial charge in [0.15, 0.2) is 0 Å². The monoisotopic (exact) mass is 429 g/mol. The molecule has 0 fully saturated rings. The zero-order valence-electron chi connectivity index (χ0n) is 17.3. The lowest BCUT2D eigenvalue weighted by molar-refractivity contribution is -0.146. The van der Waals surface area contributed by atoms with Gasteiger partial charge in [0.2, 0.25) is 11.8 Å². The summed E-state index contributed by atoms with van der Waals surface area (Å²) in [5, 5.41) is 33.1. The zero-order valence-corrected chi connectivity index (χ0v) is 17.3. The molecule has 2 amide bonds. The molecule has 0 radical (unpaired) electrons. The molecule has 0 saturated heterocycles. The molecule has 9 heteroatoms. The van der Waals surface area contributed by atoms with Crippen molar-refractivity contribution in [3.63, 3.8) is 0 Å². The third kappa shape index (κ3) is 7.00. The maximum atomic E-state index is 12.8. The number of nitrogens with two attached hydrogens (primary N) is 1. The summed E-state index contributed by atoms with van der Waals surface area (Å²) in [6.45, 7) is 2.67. The van der Waals surface area contributed by atoms with E-state index in [2.05, 4.69) is 10.6 Å². The SMILES string of the molecule is CC(C)(NC(=O)[C@H](Cc1ccc(O)cc1)NC(=O)[C@@H](N)Cc1ccc(O)cc1)C(=O)O. The van der Waals surface area contributed by atoms with Crippen LogP contribution in [0, 0.1) is 0 Å². The second kappa shape index (κ2) is 9.94. The Balaban J connectivity index is 2.14. The van der Waals surface area contributed by atoms with Crippen LogP contribution in [0.5, 0.6) is 11.5 Å². The number of nitrogens with one attached hydrogen (secondary N) is 2. The van der Waals surface area contributed by atoms with Crippen molar-refractivity contribution in [2.75, 3.05) is 0 Å². The highest BCUT2D eigenvalue weighted by Crippen LogP contribution is 2.14. The summed E-state index contributed by atoms with van der Waals surface area (Å²) in [6, 6.07) is 10.3. The van der Waals surface area contributed by atoms with Crippen LogP contribution in [0.3, 0.4) is 0 Å². The maximum Gasteiger partial charge on any atom is 0.328 e. The van der Waals surface area contributed by atoms with E-state index in [1.165, 1.54) is 38.1 Å². The molecule has 166 valence electrons. The standard InChI is InChI=1S/C22H27N3O6/c1-22(2,21(30)31)25-20(29)18(12-14-5-9-16(27)10-6-14)24-19(28)17(23)11-13-3-7-15(26)8-4-13/h3-10,17-18,26-27H,11-12,23H2,1-2H3,(H,24,28)(H,25,29)(H,30,31)/t17-,18-/m0/s1. The number of carbonyl (C=O) groups excluding carboxylic acids is 2. The summed E-state index contributed by atoms with van der Waals surface area (Å²) in [6.07, 6.45) is 0.250. The Morgan fingerprint density at radius 3 is 1.77 bits per heavy atom. The highest BCUT2D eigenvalue weighted by molar-refractivity contribution is 5.93. The van der Waals surface area contributed by atoms with Crippen molar-refractivity contribution in [3.8, 4) is 11.5 Å². The van der Waals surface area contributed by atoms with Crippen molar-refractivity contribution >= 4 is 17.8 Å². The maximum absolute atomic E-state index is 12.8. The average Bonchev–Trinajstić information content (AvgIpc) is 2.70. The number of benzene rings is 2. The summed E-state index contributed by atoms with van der Waals surface area (Å²) in [5.41, 5.74) is 5.83. The number of carbonyl (C=O) groups is 3. The van der Waals surface area contributed by atoms with Gasteiger partial charge in [-0.1, -0.05) is 24.3 Å². The molecule has 9 nitrogen and oxygen atoms in total. The highest BCUT2D eigenvalue weighted by atomic mass is 16.4.